The quantitative estimate of drug-likeness (QED) is 0.768. The number of hydrogen-bond donors (Lipinski definition) is 2. The summed E-state index contributed by atoms with van der Waals surface area (Å²) in [6.07, 6.45) is 0.803. The maximum absolute atomic E-state index is 12.8. The van der Waals surface area contributed by atoms with Gasteiger partial charge in [0.25, 0.3) is 0 Å². The Bertz CT molecular complexity index is 351. The number of rotatable bonds is 7. The molecule has 3 N–H and O–H groups in total. The van der Waals surface area contributed by atoms with Crippen LogP contribution in [-0.4, -0.2) is 44.2 Å². The van der Waals surface area contributed by atoms with Crippen LogP contribution in [0.2, 0.25) is 0 Å². The Morgan fingerprint density at radius 2 is 1.89 bits per heavy atom. The van der Waals surface area contributed by atoms with Gasteiger partial charge in [-0.05, 0) is 45.1 Å². The van der Waals surface area contributed by atoms with Gasteiger partial charge in [0.05, 0.1) is 0 Å². The first-order valence-electron chi connectivity index (χ1n) is 6.29. The number of nitrogens with one attached hydrogen (secondary N) is 1. The molecule has 1 rings (SSSR count). The van der Waals surface area contributed by atoms with E-state index in [1.54, 1.807) is 0 Å². The van der Waals surface area contributed by atoms with Gasteiger partial charge in [0.2, 0.25) is 0 Å². The zero-order valence-corrected chi connectivity index (χ0v) is 11.5. The van der Waals surface area contributed by atoms with Crippen molar-refractivity contribution in [1.82, 2.24) is 10.2 Å². The van der Waals surface area contributed by atoms with Crippen LogP contribution in [0.25, 0.3) is 0 Å². The van der Waals surface area contributed by atoms with Crippen LogP contribution in [0.1, 0.15) is 12.5 Å². The minimum Gasteiger partial charge on any atom is -0.329 e. The monoisotopic (exact) mass is 253 g/mol. The second-order valence-electron chi connectivity index (χ2n) is 5.30. The number of likely N-dealkylation sites (N-methyl/N-ethyl adjacent to an activating group) is 1. The number of halogens is 1. The van der Waals surface area contributed by atoms with E-state index in [1.807, 2.05) is 26.2 Å². The van der Waals surface area contributed by atoms with Gasteiger partial charge >= 0.3 is 0 Å². The third kappa shape index (κ3) is 5.12. The maximum Gasteiger partial charge on any atom is 0.123 e. The summed E-state index contributed by atoms with van der Waals surface area (Å²) >= 11 is 0. The molecule has 4 heteroatoms. The van der Waals surface area contributed by atoms with E-state index in [9.17, 15) is 4.39 Å². The summed E-state index contributed by atoms with van der Waals surface area (Å²) in [7, 11) is 4.09. The van der Waals surface area contributed by atoms with Crippen molar-refractivity contribution in [2.75, 3.05) is 33.7 Å². The van der Waals surface area contributed by atoms with Gasteiger partial charge in [0.1, 0.15) is 5.82 Å². The minimum absolute atomic E-state index is 0.145. The van der Waals surface area contributed by atoms with Crippen LogP contribution >= 0.6 is 0 Å². The van der Waals surface area contributed by atoms with Crippen molar-refractivity contribution in [3.8, 4) is 0 Å². The number of benzene rings is 1. The molecule has 1 aromatic rings. The lowest BCUT2D eigenvalue weighted by molar-refractivity contribution is 0.323. The summed E-state index contributed by atoms with van der Waals surface area (Å²) in [6.45, 7) is 4.52. The lowest BCUT2D eigenvalue weighted by atomic mass is 9.93. The highest BCUT2D eigenvalue weighted by Crippen LogP contribution is 2.12. The molecule has 0 aliphatic carbocycles. The number of nitrogens with zero attached hydrogens (tertiary/aromatic N) is 1. The third-order valence-corrected chi connectivity index (χ3v) is 3.07. The van der Waals surface area contributed by atoms with E-state index in [4.69, 9.17) is 5.73 Å². The molecule has 18 heavy (non-hydrogen) atoms. The molecule has 0 radical (unpaired) electrons. The Morgan fingerprint density at radius 3 is 2.39 bits per heavy atom. The lowest BCUT2D eigenvalue weighted by Gasteiger charge is -2.30. The molecule has 1 atom stereocenters. The first kappa shape index (κ1) is 15.1. The Hall–Kier alpha value is -0.970. The van der Waals surface area contributed by atoms with Gasteiger partial charge in [-0.3, -0.25) is 0 Å². The van der Waals surface area contributed by atoms with E-state index in [-0.39, 0.29) is 11.4 Å². The molecule has 0 aliphatic heterocycles. The van der Waals surface area contributed by atoms with Crippen LogP contribution in [0, 0.1) is 5.82 Å². The molecule has 0 aliphatic rings. The van der Waals surface area contributed by atoms with E-state index >= 15 is 0 Å². The van der Waals surface area contributed by atoms with Crippen LogP contribution in [-0.2, 0) is 6.42 Å². The Balaban J connectivity index is 2.55. The predicted octanol–water partition coefficient (Wildman–Crippen LogP) is 1.24. The van der Waals surface area contributed by atoms with Crippen LogP contribution in [0.15, 0.2) is 24.3 Å². The summed E-state index contributed by atoms with van der Waals surface area (Å²) < 4.78 is 12.8. The van der Waals surface area contributed by atoms with E-state index in [0.29, 0.717) is 6.54 Å². The molecule has 0 amide bonds. The van der Waals surface area contributed by atoms with Crippen molar-refractivity contribution in [3.05, 3.63) is 35.6 Å². The topological polar surface area (TPSA) is 41.3 Å². The van der Waals surface area contributed by atoms with Crippen molar-refractivity contribution < 1.29 is 4.39 Å². The zero-order valence-electron chi connectivity index (χ0n) is 11.5. The highest BCUT2D eigenvalue weighted by molar-refractivity contribution is 5.18. The fourth-order valence-corrected chi connectivity index (χ4v) is 1.84. The molecule has 0 saturated carbocycles. The normalized spacial score (nSPS) is 14.8. The highest BCUT2D eigenvalue weighted by Gasteiger charge is 2.21. The number of nitrogens with two attached hydrogens (primary N) is 1. The van der Waals surface area contributed by atoms with Crippen LogP contribution < -0.4 is 11.1 Å². The third-order valence-electron chi connectivity index (χ3n) is 3.07. The second-order valence-corrected chi connectivity index (χ2v) is 5.30. The molecule has 1 aromatic carbocycles. The van der Waals surface area contributed by atoms with Gasteiger partial charge in [-0.15, -0.1) is 0 Å². The summed E-state index contributed by atoms with van der Waals surface area (Å²) in [6, 6.07) is 6.62. The molecular weight excluding hydrogens is 229 g/mol. The lowest BCUT2D eigenvalue weighted by Crippen LogP contribution is -2.52. The van der Waals surface area contributed by atoms with Crippen LogP contribution in [0.5, 0.6) is 0 Å². The summed E-state index contributed by atoms with van der Waals surface area (Å²) in [5.74, 6) is -0.200. The highest BCUT2D eigenvalue weighted by atomic mass is 19.1. The van der Waals surface area contributed by atoms with Crippen molar-refractivity contribution in [3.63, 3.8) is 0 Å². The molecule has 0 saturated heterocycles. The Labute approximate surface area is 109 Å². The minimum atomic E-state index is -0.200. The first-order valence-corrected chi connectivity index (χ1v) is 6.29. The molecule has 0 spiro atoms. The van der Waals surface area contributed by atoms with E-state index < -0.39 is 0 Å². The molecule has 3 nitrogen and oxygen atoms in total. The van der Waals surface area contributed by atoms with Crippen LogP contribution in [0.4, 0.5) is 4.39 Å². The molecule has 0 heterocycles. The molecule has 102 valence electrons. The zero-order chi connectivity index (χ0) is 13.6. The van der Waals surface area contributed by atoms with Crippen molar-refractivity contribution >= 4 is 0 Å². The summed E-state index contributed by atoms with van der Waals surface area (Å²) in [5, 5.41) is 3.48. The van der Waals surface area contributed by atoms with Gasteiger partial charge in [0, 0.05) is 25.2 Å². The standard InChI is InChI=1S/C14H24FN3/c1-14(11-16,17-8-9-18(2)3)10-12-4-6-13(15)7-5-12/h4-7,17H,8-11,16H2,1-3H3. The molecule has 0 fully saturated rings. The SMILES string of the molecule is CN(C)CCNC(C)(CN)Cc1ccc(F)cc1. The first-order chi connectivity index (χ1) is 8.45. The maximum atomic E-state index is 12.8. The number of hydrogen-bond acceptors (Lipinski definition) is 3. The Kier molecular flexibility index (Phi) is 5.72. The van der Waals surface area contributed by atoms with Gasteiger partial charge in [-0.1, -0.05) is 12.1 Å². The molecule has 0 bridgehead atoms. The summed E-state index contributed by atoms with van der Waals surface area (Å²) in [5.41, 5.74) is 6.81. The molecule has 0 aromatic heterocycles. The average Bonchev–Trinajstić information content (AvgIpc) is 2.32. The van der Waals surface area contributed by atoms with Crippen LogP contribution in [0.3, 0.4) is 0 Å². The van der Waals surface area contributed by atoms with Gasteiger partial charge < -0.3 is 16.0 Å². The second kappa shape index (κ2) is 6.83. The van der Waals surface area contributed by atoms with Gasteiger partial charge in [-0.2, -0.15) is 0 Å². The fourth-order valence-electron chi connectivity index (χ4n) is 1.84. The fraction of sp³-hybridized carbons (Fsp3) is 0.571. The predicted molar refractivity (Wildman–Crippen MR) is 74.1 cm³/mol. The van der Waals surface area contributed by atoms with E-state index in [1.165, 1.54) is 12.1 Å². The van der Waals surface area contributed by atoms with E-state index in [2.05, 4.69) is 17.1 Å². The smallest absolute Gasteiger partial charge is 0.123 e. The van der Waals surface area contributed by atoms with Crippen molar-refractivity contribution in [2.45, 2.75) is 18.9 Å². The summed E-state index contributed by atoms with van der Waals surface area (Å²) in [4.78, 5) is 2.13. The van der Waals surface area contributed by atoms with Crippen molar-refractivity contribution in [1.29, 1.82) is 0 Å². The molecule has 1 unspecified atom stereocenters. The van der Waals surface area contributed by atoms with Crippen molar-refractivity contribution in [2.24, 2.45) is 5.73 Å². The largest absolute Gasteiger partial charge is 0.329 e. The van der Waals surface area contributed by atoms with E-state index in [0.717, 1.165) is 25.1 Å². The Morgan fingerprint density at radius 1 is 1.28 bits per heavy atom. The average molecular weight is 253 g/mol. The van der Waals surface area contributed by atoms with Gasteiger partial charge in [-0.25, -0.2) is 4.39 Å². The molecular formula is C14H24FN3. The van der Waals surface area contributed by atoms with Gasteiger partial charge in [0.15, 0.2) is 0 Å².